The zero-order valence-corrected chi connectivity index (χ0v) is 14.3. The molecule has 1 fully saturated rings. The number of nitrogens with one attached hydrogen (secondary N) is 2. The molecule has 1 aliphatic rings. The number of rotatable bonds is 6. The Morgan fingerprint density at radius 3 is 2.88 bits per heavy atom. The molecule has 0 aliphatic carbocycles. The molecule has 0 aromatic heterocycles. The van der Waals surface area contributed by atoms with Crippen LogP contribution >= 0.6 is 12.4 Å². The molecule has 8 heteroatoms. The van der Waals surface area contributed by atoms with Crippen molar-refractivity contribution in [3.8, 4) is 0 Å². The smallest absolute Gasteiger partial charge is 0.238 e. The lowest BCUT2D eigenvalue weighted by Gasteiger charge is -2.31. The summed E-state index contributed by atoms with van der Waals surface area (Å²) in [6.07, 6.45) is 1.69. The van der Waals surface area contributed by atoms with Gasteiger partial charge in [-0.25, -0.2) is 4.39 Å². The van der Waals surface area contributed by atoms with Gasteiger partial charge in [-0.3, -0.25) is 14.5 Å². The molecule has 6 nitrogen and oxygen atoms in total. The van der Waals surface area contributed by atoms with E-state index in [0.717, 1.165) is 19.4 Å². The first-order valence-corrected chi connectivity index (χ1v) is 7.84. The van der Waals surface area contributed by atoms with Crippen molar-refractivity contribution in [1.29, 1.82) is 0 Å². The number of carbonyl (C=O) groups is 2. The van der Waals surface area contributed by atoms with Gasteiger partial charge in [0.2, 0.25) is 11.8 Å². The lowest BCUT2D eigenvalue weighted by molar-refractivity contribution is -0.127. The van der Waals surface area contributed by atoms with Gasteiger partial charge in [-0.15, -0.1) is 12.4 Å². The van der Waals surface area contributed by atoms with Gasteiger partial charge in [-0.05, 0) is 37.6 Å². The second-order valence-corrected chi connectivity index (χ2v) is 5.71. The van der Waals surface area contributed by atoms with Gasteiger partial charge in [0.05, 0.1) is 12.5 Å². The normalized spacial score (nSPS) is 17.7. The van der Waals surface area contributed by atoms with E-state index in [4.69, 9.17) is 5.73 Å². The molecule has 1 unspecified atom stereocenters. The second-order valence-electron chi connectivity index (χ2n) is 5.71. The zero-order chi connectivity index (χ0) is 16.7. The van der Waals surface area contributed by atoms with Crippen molar-refractivity contribution in [3.05, 3.63) is 30.1 Å². The highest BCUT2D eigenvalue weighted by Crippen LogP contribution is 2.17. The van der Waals surface area contributed by atoms with Crippen LogP contribution < -0.4 is 16.4 Å². The molecule has 4 N–H and O–H groups in total. The SMILES string of the molecule is Cl.NCCNC(=O)C1CCCN(CC(=O)Nc2cccc(F)c2)C1. The molecule has 1 aliphatic heterocycles. The van der Waals surface area contributed by atoms with Gasteiger partial charge in [-0.1, -0.05) is 6.07 Å². The lowest BCUT2D eigenvalue weighted by Crippen LogP contribution is -2.46. The Morgan fingerprint density at radius 1 is 1.38 bits per heavy atom. The molecule has 0 radical (unpaired) electrons. The highest BCUT2D eigenvalue weighted by atomic mass is 35.5. The van der Waals surface area contributed by atoms with Crippen LogP contribution in [-0.2, 0) is 9.59 Å². The summed E-state index contributed by atoms with van der Waals surface area (Å²) in [6, 6.07) is 5.78. The highest BCUT2D eigenvalue weighted by Gasteiger charge is 2.26. The minimum atomic E-state index is -0.391. The molecule has 0 bridgehead atoms. The summed E-state index contributed by atoms with van der Waals surface area (Å²) in [5.41, 5.74) is 5.81. The van der Waals surface area contributed by atoms with Gasteiger partial charge in [-0.2, -0.15) is 0 Å². The van der Waals surface area contributed by atoms with E-state index in [0.29, 0.717) is 25.3 Å². The van der Waals surface area contributed by atoms with E-state index in [2.05, 4.69) is 10.6 Å². The Balaban J connectivity index is 0.00000288. The standard InChI is InChI=1S/C16H23FN4O2.ClH/c17-13-4-1-5-14(9-13)20-15(22)11-21-8-2-3-12(10-21)16(23)19-7-6-18;/h1,4-5,9,12H,2-3,6-8,10-11,18H2,(H,19,23)(H,20,22);1H. The molecule has 134 valence electrons. The van der Waals surface area contributed by atoms with Crippen LogP contribution in [-0.4, -0.2) is 49.4 Å². The Kier molecular flexibility index (Phi) is 8.67. The largest absolute Gasteiger partial charge is 0.355 e. The third kappa shape index (κ3) is 6.43. The van der Waals surface area contributed by atoms with Gasteiger partial charge in [0.25, 0.3) is 0 Å². The van der Waals surface area contributed by atoms with Crippen molar-refractivity contribution in [2.45, 2.75) is 12.8 Å². The Labute approximate surface area is 147 Å². The van der Waals surface area contributed by atoms with E-state index >= 15 is 0 Å². The minimum absolute atomic E-state index is 0. The van der Waals surface area contributed by atoms with Crippen LogP contribution in [0.1, 0.15) is 12.8 Å². The van der Waals surface area contributed by atoms with Crippen LogP contribution in [0.2, 0.25) is 0 Å². The van der Waals surface area contributed by atoms with Gasteiger partial charge in [0.1, 0.15) is 5.82 Å². The number of anilines is 1. The predicted octanol–water partition coefficient (Wildman–Crippen LogP) is 0.973. The van der Waals surface area contributed by atoms with Gasteiger partial charge in [0, 0.05) is 25.3 Å². The summed E-state index contributed by atoms with van der Waals surface area (Å²) in [7, 11) is 0. The van der Waals surface area contributed by atoms with Crippen molar-refractivity contribution in [2.24, 2.45) is 11.7 Å². The number of nitrogens with two attached hydrogens (primary N) is 1. The maximum Gasteiger partial charge on any atom is 0.238 e. The van der Waals surface area contributed by atoms with E-state index in [-0.39, 0.29) is 36.7 Å². The van der Waals surface area contributed by atoms with E-state index in [9.17, 15) is 14.0 Å². The van der Waals surface area contributed by atoms with E-state index in [1.807, 2.05) is 4.90 Å². The Morgan fingerprint density at radius 2 is 2.17 bits per heavy atom. The van der Waals surface area contributed by atoms with E-state index in [1.54, 1.807) is 12.1 Å². The van der Waals surface area contributed by atoms with Crippen LogP contribution in [0.5, 0.6) is 0 Å². The monoisotopic (exact) mass is 358 g/mol. The maximum atomic E-state index is 13.1. The van der Waals surface area contributed by atoms with Gasteiger partial charge < -0.3 is 16.4 Å². The first-order valence-electron chi connectivity index (χ1n) is 7.84. The fraction of sp³-hybridized carbons (Fsp3) is 0.500. The fourth-order valence-electron chi connectivity index (χ4n) is 2.72. The van der Waals surface area contributed by atoms with Crippen LogP contribution in [0.25, 0.3) is 0 Å². The molecule has 24 heavy (non-hydrogen) atoms. The molecule has 1 atom stereocenters. The molecular weight excluding hydrogens is 335 g/mol. The van der Waals surface area contributed by atoms with E-state index < -0.39 is 5.82 Å². The van der Waals surface area contributed by atoms with Gasteiger partial charge >= 0.3 is 0 Å². The van der Waals surface area contributed by atoms with Crippen molar-refractivity contribution in [2.75, 3.05) is 38.0 Å². The molecular formula is C16H24ClFN4O2. The Bertz CT molecular complexity index is 559. The quantitative estimate of drug-likeness (QED) is 0.707. The Hall–Kier alpha value is -1.70. The van der Waals surface area contributed by atoms with Crippen LogP contribution in [0.15, 0.2) is 24.3 Å². The minimum Gasteiger partial charge on any atom is -0.355 e. The average molecular weight is 359 g/mol. The number of piperidine rings is 1. The molecule has 1 heterocycles. The molecule has 1 aromatic rings. The number of carbonyl (C=O) groups excluding carboxylic acids is 2. The number of benzene rings is 1. The summed E-state index contributed by atoms with van der Waals surface area (Å²) < 4.78 is 13.1. The second kappa shape index (κ2) is 10.2. The predicted molar refractivity (Wildman–Crippen MR) is 93.5 cm³/mol. The van der Waals surface area contributed by atoms with Crippen molar-refractivity contribution < 1.29 is 14.0 Å². The average Bonchev–Trinajstić information content (AvgIpc) is 2.52. The zero-order valence-electron chi connectivity index (χ0n) is 13.5. The number of hydrogen-bond acceptors (Lipinski definition) is 4. The van der Waals surface area contributed by atoms with E-state index in [1.165, 1.54) is 12.1 Å². The third-order valence-electron chi connectivity index (χ3n) is 3.80. The lowest BCUT2D eigenvalue weighted by atomic mass is 9.97. The molecule has 2 amide bonds. The van der Waals surface area contributed by atoms with Crippen molar-refractivity contribution in [3.63, 3.8) is 0 Å². The number of amides is 2. The summed E-state index contributed by atoms with van der Waals surface area (Å²) in [6.45, 7) is 2.40. The highest BCUT2D eigenvalue weighted by molar-refractivity contribution is 5.92. The molecule has 0 saturated carbocycles. The summed E-state index contributed by atoms with van der Waals surface area (Å²) in [4.78, 5) is 26.0. The molecule has 0 spiro atoms. The molecule has 1 aromatic carbocycles. The van der Waals surface area contributed by atoms with Crippen molar-refractivity contribution in [1.82, 2.24) is 10.2 Å². The number of halogens is 2. The molecule has 2 rings (SSSR count). The summed E-state index contributed by atoms with van der Waals surface area (Å²) >= 11 is 0. The number of nitrogens with zero attached hydrogens (tertiary/aromatic N) is 1. The third-order valence-corrected chi connectivity index (χ3v) is 3.80. The first kappa shape index (κ1) is 20.3. The van der Waals surface area contributed by atoms with Crippen LogP contribution in [0, 0.1) is 11.7 Å². The first-order chi connectivity index (χ1) is 11.1. The van der Waals surface area contributed by atoms with Crippen LogP contribution in [0.3, 0.4) is 0 Å². The topological polar surface area (TPSA) is 87.5 Å². The van der Waals surface area contributed by atoms with Crippen molar-refractivity contribution >= 4 is 29.9 Å². The summed E-state index contributed by atoms with van der Waals surface area (Å²) in [5, 5.41) is 5.46. The maximum absolute atomic E-state index is 13.1. The number of likely N-dealkylation sites (tertiary alicyclic amines) is 1. The molecule has 1 saturated heterocycles. The fourth-order valence-corrected chi connectivity index (χ4v) is 2.72. The number of hydrogen-bond donors (Lipinski definition) is 3. The summed E-state index contributed by atoms with van der Waals surface area (Å²) in [5.74, 6) is -0.723. The van der Waals surface area contributed by atoms with Gasteiger partial charge in [0.15, 0.2) is 0 Å². The van der Waals surface area contributed by atoms with Crippen LogP contribution in [0.4, 0.5) is 10.1 Å².